The second-order valence-corrected chi connectivity index (χ2v) is 6.22. The Morgan fingerprint density at radius 3 is 2.43 bits per heavy atom. The molecule has 0 radical (unpaired) electrons. The molecule has 0 heterocycles. The number of halogens is 2. The summed E-state index contributed by atoms with van der Waals surface area (Å²) in [6.45, 7) is 4.26. The second-order valence-electron chi connectivity index (χ2n) is 5.44. The van der Waals surface area contributed by atoms with Crippen LogP contribution in [0.1, 0.15) is 24.2 Å². The van der Waals surface area contributed by atoms with Crippen molar-refractivity contribution in [2.75, 3.05) is 20.6 Å². The first-order valence-corrected chi connectivity index (χ1v) is 6.91. The third-order valence-corrected chi connectivity index (χ3v) is 4.16. The van der Waals surface area contributed by atoms with Crippen molar-refractivity contribution in [1.29, 1.82) is 0 Å². The maximum atomic E-state index is 12.2. The topological polar surface area (TPSA) is 75.5 Å². The van der Waals surface area contributed by atoms with E-state index in [4.69, 9.17) is 23.2 Å². The highest BCUT2D eigenvalue weighted by molar-refractivity contribution is 6.44. The lowest BCUT2D eigenvalue weighted by Gasteiger charge is -2.32. The summed E-state index contributed by atoms with van der Waals surface area (Å²) in [7, 11) is 3.78. The minimum absolute atomic E-state index is 0.00225. The minimum atomic E-state index is -0.622. The molecule has 6 nitrogen and oxygen atoms in total. The lowest BCUT2D eigenvalue weighted by molar-refractivity contribution is -0.384. The number of nitro groups is 1. The molecule has 0 aliphatic carbocycles. The number of hydrogen-bond donors (Lipinski definition) is 1. The lowest BCUT2D eigenvalue weighted by Crippen LogP contribution is -2.48. The molecule has 8 heteroatoms. The number of rotatable bonds is 5. The average molecular weight is 334 g/mol. The van der Waals surface area contributed by atoms with Gasteiger partial charge < -0.3 is 10.2 Å². The van der Waals surface area contributed by atoms with Gasteiger partial charge in [0.2, 0.25) is 0 Å². The van der Waals surface area contributed by atoms with Crippen molar-refractivity contribution in [1.82, 2.24) is 10.2 Å². The summed E-state index contributed by atoms with van der Waals surface area (Å²) in [5, 5.41) is 13.5. The van der Waals surface area contributed by atoms with Crippen LogP contribution in [0, 0.1) is 10.1 Å². The van der Waals surface area contributed by atoms with Gasteiger partial charge in [-0.2, -0.15) is 0 Å². The Balaban J connectivity index is 3.00. The van der Waals surface area contributed by atoms with Crippen molar-refractivity contribution in [3.8, 4) is 0 Å². The maximum absolute atomic E-state index is 12.2. The number of likely N-dealkylation sites (N-methyl/N-ethyl adjacent to an activating group) is 1. The zero-order chi connectivity index (χ0) is 16.4. The van der Waals surface area contributed by atoms with Gasteiger partial charge in [-0.1, -0.05) is 23.2 Å². The van der Waals surface area contributed by atoms with Gasteiger partial charge in [-0.05, 0) is 27.9 Å². The van der Waals surface area contributed by atoms with Crippen molar-refractivity contribution >= 4 is 34.8 Å². The summed E-state index contributed by atoms with van der Waals surface area (Å²) in [6, 6.07) is 2.23. The fraction of sp³-hybridized carbons (Fsp3) is 0.462. The monoisotopic (exact) mass is 333 g/mol. The van der Waals surface area contributed by atoms with E-state index in [0.29, 0.717) is 6.54 Å². The minimum Gasteiger partial charge on any atom is -0.350 e. The van der Waals surface area contributed by atoms with E-state index in [9.17, 15) is 14.9 Å². The van der Waals surface area contributed by atoms with Crippen molar-refractivity contribution in [3.63, 3.8) is 0 Å². The quantitative estimate of drug-likeness (QED) is 0.663. The van der Waals surface area contributed by atoms with E-state index in [1.807, 2.05) is 32.8 Å². The average Bonchev–Trinajstić information content (AvgIpc) is 2.38. The van der Waals surface area contributed by atoms with Crippen LogP contribution in [0.4, 0.5) is 5.69 Å². The van der Waals surface area contributed by atoms with E-state index in [2.05, 4.69) is 5.32 Å². The predicted octanol–water partition coefficient (Wildman–Crippen LogP) is 2.97. The molecule has 21 heavy (non-hydrogen) atoms. The number of benzene rings is 1. The summed E-state index contributed by atoms with van der Waals surface area (Å²) >= 11 is 11.8. The summed E-state index contributed by atoms with van der Waals surface area (Å²) in [5.74, 6) is -0.500. The van der Waals surface area contributed by atoms with E-state index in [1.165, 1.54) is 0 Å². The normalized spacial score (nSPS) is 11.6. The van der Waals surface area contributed by atoms with Gasteiger partial charge >= 0.3 is 0 Å². The van der Waals surface area contributed by atoms with Crippen LogP contribution in [-0.2, 0) is 0 Å². The highest BCUT2D eigenvalue weighted by Crippen LogP contribution is 2.30. The van der Waals surface area contributed by atoms with Gasteiger partial charge in [0.15, 0.2) is 0 Å². The van der Waals surface area contributed by atoms with Crippen LogP contribution < -0.4 is 5.32 Å². The van der Waals surface area contributed by atoms with E-state index in [0.717, 1.165) is 12.1 Å². The van der Waals surface area contributed by atoms with Gasteiger partial charge in [0.05, 0.1) is 20.5 Å². The van der Waals surface area contributed by atoms with Crippen LogP contribution in [-0.4, -0.2) is 41.9 Å². The van der Waals surface area contributed by atoms with Crippen molar-refractivity contribution in [2.45, 2.75) is 19.4 Å². The number of carbonyl (C=O) groups is 1. The smallest absolute Gasteiger partial charge is 0.271 e. The number of nitrogens with zero attached hydrogens (tertiary/aromatic N) is 2. The Hall–Kier alpha value is -1.37. The van der Waals surface area contributed by atoms with Gasteiger partial charge in [-0.15, -0.1) is 0 Å². The van der Waals surface area contributed by atoms with Gasteiger partial charge in [0.1, 0.15) is 0 Å². The Morgan fingerprint density at radius 1 is 1.38 bits per heavy atom. The highest BCUT2D eigenvalue weighted by atomic mass is 35.5. The zero-order valence-corrected chi connectivity index (χ0v) is 13.7. The van der Waals surface area contributed by atoms with E-state index in [1.54, 1.807) is 0 Å². The van der Waals surface area contributed by atoms with Crippen LogP contribution in [0.15, 0.2) is 12.1 Å². The summed E-state index contributed by atoms with van der Waals surface area (Å²) in [5.41, 5.74) is -0.557. The molecule has 0 bridgehead atoms. The Kier molecular flexibility index (Phi) is 5.55. The Labute approximate surface area is 133 Å². The van der Waals surface area contributed by atoms with E-state index >= 15 is 0 Å². The van der Waals surface area contributed by atoms with E-state index < -0.39 is 10.8 Å². The molecule has 0 fully saturated rings. The van der Waals surface area contributed by atoms with Crippen LogP contribution in [0.3, 0.4) is 0 Å². The number of nitrogens with one attached hydrogen (secondary N) is 1. The van der Waals surface area contributed by atoms with Gasteiger partial charge in [0.25, 0.3) is 11.6 Å². The molecule has 1 aromatic carbocycles. The van der Waals surface area contributed by atoms with Gasteiger partial charge in [-0.3, -0.25) is 14.9 Å². The molecule has 1 aromatic rings. The summed E-state index contributed by atoms with van der Waals surface area (Å²) in [6.07, 6.45) is 0. The van der Waals surface area contributed by atoms with Crippen molar-refractivity contribution < 1.29 is 9.72 Å². The number of nitro benzene ring substituents is 1. The molecule has 0 aliphatic rings. The van der Waals surface area contributed by atoms with Crippen LogP contribution in [0.5, 0.6) is 0 Å². The van der Waals surface area contributed by atoms with Crippen LogP contribution in [0.25, 0.3) is 0 Å². The first kappa shape index (κ1) is 17.7. The predicted molar refractivity (Wildman–Crippen MR) is 83.2 cm³/mol. The molecule has 0 aliphatic heterocycles. The molecular weight excluding hydrogens is 317 g/mol. The SMILES string of the molecule is CN(C)C(C)(C)CNC(=O)c1cc([N+](=O)[O-])cc(Cl)c1Cl. The molecule has 0 saturated heterocycles. The van der Waals surface area contributed by atoms with Crippen molar-refractivity contribution in [3.05, 3.63) is 37.9 Å². The molecule has 0 spiro atoms. The van der Waals surface area contributed by atoms with E-state index in [-0.39, 0.29) is 26.8 Å². The second kappa shape index (κ2) is 6.60. The lowest BCUT2D eigenvalue weighted by atomic mass is 10.0. The number of hydrogen-bond acceptors (Lipinski definition) is 4. The standard InChI is InChI=1S/C13H17Cl2N3O3/c1-13(2,17(3)4)7-16-12(19)9-5-8(18(20)21)6-10(14)11(9)15/h5-6H,7H2,1-4H3,(H,16,19). The molecule has 1 amide bonds. The van der Waals surface area contributed by atoms with Crippen LogP contribution >= 0.6 is 23.2 Å². The van der Waals surface area contributed by atoms with Crippen LogP contribution in [0.2, 0.25) is 10.0 Å². The van der Waals surface area contributed by atoms with Gasteiger partial charge in [-0.25, -0.2) is 0 Å². The Morgan fingerprint density at radius 2 is 1.95 bits per heavy atom. The number of non-ortho nitro benzene ring substituents is 1. The molecule has 1 rings (SSSR count). The largest absolute Gasteiger partial charge is 0.350 e. The first-order valence-electron chi connectivity index (χ1n) is 6.15. The Bertz CT molecular complexity index is 574. The fourth-order valence-electron chi connectivity index (χ4n) is 1.40. The molecule has 116 valence electrons. The van der Waals surface area contributed by atoms with Crippen molar-refractivity contribution in [2.24, 2.45) is 0 Å². The molecule has 0 unspecified atom stereocenters. The molecule has 0 atom stereocenters. The summed E-state index contributed by atoms with van der Waals surface area (Å²) in [4.78, 5) is 24.3. The number of amides is 1. The fourth-order valence-corrected chi connectivity index (χ4v) is 1.80. The molecule has 1 N–H and O–H groups in total. The zero-order valence-electron chi connectivity index (χ0n) is 12.2. The van der Waals surface area contributed by atoms with Gasteiger partial charge in [0, 0.05) is 24.2 Å². The third-order valence-electron chi connectivity index (χ3n) is 3.36. The molecule has 0 saturated carbocycles. The molecule has 0 aromatic heterocycles. The third kappa shape index (κ3) is 4.30. The summed E-state index contributed by atoms with van der Waals surface area (Å²) < 4.78 is 0. The first-order chi connectivity index (χ1) is 9.56. The number of carbonyl (C=O) groups excluding carboxylic acids is 1. The highest BCUT2D eigenvalue weighted by Gasteiger charge is 2.24. The molecular formula is C13H17Cl2N3O3. The maximum Gasteiger partial charge on any atom is 0.271 e.